The Morgan fingerprint density at radius 1 is 1.20 bits per heavy atom. The van der Waals surface area contributed by atoms with Crippen LogP contribution in [0, 0.1) is 0 Å². The second-order valence-corrected chi connectivity index (χ2v) is 3.74. The van der Waals surface area contributed by atoms with Gasteiger partial charge in [0, 0.05) is 12.1 Å². The van der Waals surface area contributed by atoms with E-state index in [0.717, 1.165) is 0 Å². The van der Waals surface area contributed by atoms with Gasteiger partial charge in [0.2, 0.25) is 11.8 Å². The molecule has 1 rings (SSSR count). The second kappa shape index (κ2) is 8.05. The van der Waals surface area contributed by atoms with E-state index in [1.165, 1.54) is 6.07 Å². The van der Waals surface area contributed by atoms with Gasteiger partial charge in [-0.15, -0.1) is 0 Å². The van der Waals surface area contributed by atoms with Crippen molar-refractivity contribution in [1.82, 2.24) is 10.6 Å². The summed E-state index contributed by atoms with van der Waals surface area (Å²) in [4.78, 5) is 22.3. The molecule has 8 heteroatoms. The van der Waals surface area contributed by atoms with Crippen LogP contribution in [0.1, 0.15) is 5.56 Å². The summed E-state index contributed by atoms with van der Waals surface area (Å²) >= 11 is 0. The van der Waals surface area contributed by atoms with Crippen molar-refractivity contribution in [1.29, 1.82) is 0 Å². The molecule has 0 saturated heterocycles. The Hall–Kier alpha value is -2.22. The van der Waals surface area contributed by atoms with E-state index in [9.17, 15) is 18.4 Å². The highest BCUT2D eigenvalue weighted by atomic mass is 19.3. The number of nitrogens with one attached hydrogen (secondary N) is 2. The Morgan fingerprint density at radius 3 is 2.55 bits per heavy atom. The van der Waals surface area contributed by atoms with E-state index >= 15 is 0 Å². The van der Waals surface area contributed by atoms with Gasteiger partial charge in [0.05, 0.1) is 13.1 Å². The Bertz CT molecular complexity index is 469. The number of para-hydroxylation sites is 1. The van der Waals surface area contributed by atoms with Gasteiger partial charge in [-0.1, -0.05) is 18.2 Å². The van der Waals surface area contributed by atoms with Crippen molar-refractivity contribution in [2.24, 2.45) is 5.73 Å². The molecule has 6 nitrogen and oxygen atoms in total. The van der Waals surface area contributed by atoms with Crippen molar-refractivity contribution in [3.8, 4) is 5.75 Å². The standard InChI is InChI=1S/C12H15F2N3O3/c13-12(14)20-9-4-2-1-3-8(9)6-16-11(19)7-17-10(18)5-15/h1-4,12H,5-7,15H2,(H,16,19)(H,17,18). The minimum atomic E-state index is -2.93. The summed E-state index contributed by atoms with van der Waals surface area (Å²) < 4.78 is 28.7. The van der Waals surface area contributed by atoms with Crippen LogP contribution >= 0.6 is 0 Å². The van der Waals surface area contributed by atoms with Crippen LogP contribution in [0.15, 0.2) is 24.3 Å². The molecule has 1 aromatic carbocycles. The second-order valence-electron chi connectivity index (χ2n) is 3.74. The summed E-state index contributed by atoms with van der Waals surface area (Å²) in [5.41, 5.74) is 5.47. The quantitative estimate of drug-likeness (QED) is 0.657. The molecular weight excluding hydrogens is 272 g/mol. The molecule has 0 radical (unpaired) electrons. The minimum Gasteiger partial charge on any atom is -0.434 e. The van der Waals surface area contributed by atoms with E-state index in [4.69, 9.17) is 5.73 Å². The zero-order chi connectivity index (χ0) is 15.0. The van der Waals surface area contributed by atoms with Crippen LogP contribution < -0.4 is 21.1 Å². The lowest BCUT2D eigenvalue weighted by Gasteiger charge is -2.11. The predicted molar refractivity (Wildman–Crippen MR) is 67.0 cm³/mol. The number of halogens is 2. The van der Waals surface area contributed by atoms with E-state index < -0.39 is 18.4 Å². The molecule has 0 saturated carbocycles. The summed E-state index contributed by atoms with van der Waals surface area (Å²) in [6.07, 6.45) is 0. The van der Waals surface area contributed by atoms with Crippen molar-refractivity contribution in [3.05, 3.63) is 29.8 Å². The van der Waals surface area contributed by atoms with Gasteiger partial charge in [0.1, 0.15) is 5.75 Å². The molecule has 0 bridgehead atoms. The normalized spacial score (nSPS) is 10.2. The number of alkyl halides is 2. The largest absolute Gasteiger partial charge is 0.434 e. The van der Waals surface area contributed by atoms with Crippen LogP contribution in [0.3, 0.4) is 0 Å². The fourth-order valence-corrected chi connectivity index (χ4v) is 1.37. The zero-order valence-corrected chi connectivity index (χ0v) is 10.6. The van der Waals surface area contributed by atoms with Crippen LogP contribution in [0.25, 0.3) is 0 Å². The molecule has 1 aromatic rings. The van der Waals surface area contributed by atoms with Crippen LogP contribution in [0.4, 0.5) is 8.78 Å². The average Bonchev–Trinajstić information content (AvgIpc) is 2.43. The van der Waals surface area contributed by atoms with Crippen molar-refractivity contribution < 1.29 is 23.1 Å². The monoisotopic (exact) mass is 287 g/mol. The summed E-state index contributed by atoms with van der Waals surface area (Å²) in [7, 11) is 0. The van der Waals surface area contributed by atoms with Gasteiger partial charge in [-0.2, -0.15) is 8.78 Å². The van der Waals surface area contributed by atoms with Crippen LogP contribution in [-0.4, -0.2) is 31.5 Å². The molecule has 110 valence electrons. The van der Waals surface area contributed by atoms with E-state index in [2.05, 4.69) is 15.4 Å². The van der Waals surface area contributed by atoms with Gasteiger partial charge in [-0.3, -0.25) is 9.59 Å². The maximum Gasteiger partial charge on any atom is 0.387 e. The molecule has 0 unspecified atom stereocenters. The van der Waals surface area contributed by atoms with E-state index in [-0.39, 0.29) is 25.4 Å². The summed E-state index contributed by atoms with van der Waals surface area (Å²) in [5.74, 6) is -0.922. The van der Waals surface area contributed by atoms with Crippen molar-refractivity contribution in [2.75, 3.05) is 13.1 Å². The lowest BCUT2D eigenvalue weighted by molar-refractivity contribution is -0.125. The van der Waals surface area contributed by atoms with E-state index in [0.29, 0.717) is 5.56 Å². The Morgan fingerprint density at radius 2 is 1.90 bits per heavy atom. The predicted octanol–water partition coefficient (Wildman–Crippen LogP) is -0.0209. The molecular formula is C12H15F2N3O3. The van der Waals surface area contributed by atoms with Gasteiger partial charge >= 0.3 is 6.61 Å². The number of hydrogen-bond acceptors (Lipinski definition) is 4. The van der Waals surface area contributed by atoms with Crippen molar-refractivity contribution in [3.63, 3.8) is 0 Å². The van der Waals surface area contributed by atoms with Gasteiger partial charge in [0.25, 0.3) is 0 Å². The molecule has 0 spiro atoms. The number of nitrogens with two attached hydrogens (primary N) is 1. The number of carbonyl (C=O) groups excluding carboxylic acids is 2. The summed E-state index contributed by atoms with van der Waals surface area (Å²) in [6, 6.07) is 6.11. The molecule has 20 heavy (non-hydrogen) atoms. The lowest BCUT2D eigenvalue weighted by atomic mass is 10.2. The number of ether oxygens (including phenoxy) is 1. The topological polar surface area (TPSA) is 93.5 Å². The molecule has 0 fully saturated rings. The Labute approximate surface area is 114 Å². The summed E-state index contributed by atoms with van der Waals surface area (Å²) in [6.45, 7) is -3.36. The molecule has 0 aliphatic heterocycles. The Kier molecular flexibility index (Phi) is 6.38. The maximum absolute atomic E-state index is 12.2. The lowest BCUT2D eigenvalue weighted by Crippen LogP contribution is -2.39. The first kappa shape index (κ1) is 15.8. The van der Waals surface area contributed by atoms with Crippen LogP contribution in [0.2, 0.25) is 0 Å². The minimum absolute atomic E-state index is 0.00575. The fraction of sp³-hybridized carbons (Fsp3) is 0.333. The third kappa shape index (κ3) is 5.61. The number of benzene rings is 1. The highest BCUT2D eigenvalue weighted by Gasteiger charge is 2.10. The number of carbonyl (C=O) groups is 2. The van der Waals surface area contributed by atoms with Gasteiger partial charge < -0.3 is 21.1 Å². The molecule has 0 atom stereocenters. The highest BCUT2D eigenvalue weighted by molar-refractivity contribution is 5.85. The fourth-order valence-electron chi connectivity index (χ4n) is 1.37. The highest BCUT2D eigenvalue weighted by Crippen LogP contribution is 2.19. The number of amides is 2. The SMILES string of the molecule is NCC(=O)NCC(=O)NCc1ccccc1OC(F)F. The van der Waals surface area contributed by atoms with Crippen molar-refractivity contribution >= 4 is 11.8 Å². The third-order valence-electron chi connectivity index (χ3n) is 2.30. The molecule has 2 amide bonds. The molecule has 0 aliphatic carbocycles. The number of rotatable bonds is 7. The molecule has 0 heterocycles. The van der Waals surface area contributed by atoms with E-state index in [1.54, 1.807) is 18.2 Å². The first-order valence-electron chi connectivity index (χ1n) is 5.79. The van der Waals surface area contributed by atoms with Gasteiger partial charge in [0.15, 0.2) is 0 Å². The maximum atomic E-state index is 12.2. The molecule has 0 aliphatic rings. The number of hydrogen-bond donors (Lipinski definition) is 3. The zero-order valence-electron chi connectivity index (χ0n) is 10.6. The molecule has 0 aromatic heterocycles. The van der Waals surface area contributed by atoms with Crippen LogP contribution in [0.5, 0.6) is 5.75 Å². The third-order valence-corrected chi connectivity index (χ3v) is 2.30. The molecule has 4 N–H and O–H groups in total. The van der Waals surface area contributed by atoms with Gasteiger partial charge in [-0.25, -0.2) is 0 Å². The van der Waals surface area contributed by atoms with E-state index in [1.807, 2.05) is 0 Å². The summed E-state index contributed by atoms with van der Waals surface area (Å²) in [5, 5.41) is 4.76. The first-order chi connectivity index (χ1) is 9.52. The van der Waals surface area contributed by atoms with Crippen LogP contribution in [-0.2, 0) is 16.1 Å². The Balaban J connectivity index is 2.48. The van der Waals surface area contributed by atoms with Crippen molar-refractivity contribution in [2.45, 2.75) is 13.2 Å². The average molecular weight is 287 g/mol. The van der Waals surface area contributed by atoms with Gasteiger partial charge in [-0.05, 0) is 6.07 Å². The smallest absolute Gasteiger partial charge is 0.387 e. The first-order valence-corrected chi connectivity index (χ1v) is 5.79.